The molecule has 0 aromatic carbocycles. The van der Waals surface area contributed by atoms with Gasteiger partial charge >= 0.3 is 5.97 Å². The molecule has 0 spiro atoms. The van der Waals surface area contributed by atoms with Gasteiger partial charge in [0, 0.05) is 12.5 Å². The fraction of sp³-hybridized carbons (Fsp3) is 0.455. The van der Waals surface area contributed by atoms with Gasteiger partial charge in [-0.2, -0.15) is 0 Å². The number of hydrogen-bond acceptors (Lipinski definition) is 3. The Balaban J connectivity index is 0.00000277. The Bertz CT molecular complexity index is 613. The summed E-state index contributed by atoms with van der Waals surface area (Å²) in [6, 6.07) is 0. The molecular formula is C22H32O3. The standard InChI is InChI=1S/C20H26O3.C2H6/c1-14(7-6-8-15(2)13-20(22)23-5)9-11-18-16(3)10-12-19(21)17(18)4;1-2/h6-9,11,13,16H,10,12H2,1-5H3;1-2H3/b8-6+,11-9+,14-7+,15-13-;. The number of rotatable bonds is 5. The average Bonchev–Trinajstić information content (AvgIpc) is 2.60. The average molecular weight is 344 g/mol. The van der Waals surface area contributed by atoms with Gasteiger partial charge in [0.05, 0.1) is 7.11 Å². The van der Waals surface area contributed by atoms with Gasteiger partial charge in [-0.05, 0) is 49.8 Å². The molecule has 0 saturated carbocycles. The number of carbonyl (C=O) groups excluding carboxylic acids is 2. The Labute approximate surface area is 152 Å². The molecule has 0 fully saturated rings. The van der Waals surface area contributed by atoms with E-state index < -0.39 is 0 Å². The highest BCUT2D eigenvalue weighted by molar-refractivity contribution is 5.97. The van der Waals surface area contributed by atoms with Crippen LogP contribution in [-0.2, 0) is 14.3 Å². The number of esters is 1. The van der Waals surface area contributed by atoms with Crippen LogP contribution in [0.25, 0.3) is 0 Å². The first-order valence-electron chi connectivity index (χ1n) is 8.88. The molecule has 3 heteroatoms. The maximum absolute atomic E-state index is 11.8. The minimum Gasteiger partial charge on any atom is -0.466 e. The SMILES string of the molecule is CC.COC(=O)\C=C(C)/C=C/C=C(C)/C=C/C1=C(C)C(=O)CCC1C. The van der Waals surface area contributed by atoms with E-state index in [0.717, 1.165) is 28.7 Å². The van der Waals surface area contributed by atoms with Crippen LogP contribution in [0.4, 0.5) is 0 Å². The van der Waals surface area contributed by atoms with Gasteiger partial charge in [0.2, 0.25) is 0 Å². The summed E-state index contributed by atoms with van der Waals surface area (Å²) in [5, 5.41) is 0. The van der Waals surface area contributed by atoms with E-state index in [2.05, 4.69) is 11.7 Å². The first kappa shape index (κ1) is 22.8. The molecule has 1 rings (SSSR count). The highest BCUT2D eigenvalue weighted by atomic mass is 16.5. The molecule has 3 nitrogen and oxygen atoms in total. The van der Waals surface area contributed by atoms with Gasteiger partial charge < -0.3 is 4.74 Å². The number of hydrogen-bond donors (Lipinski definition) is 0. The van der Waals surface area contributed by atoms with E-state index in [1.807, 2.05) is 65.0 Å². The van der Waals surface area contributed by atoms with E-state index in [4.69, 9.17) is 0 Å². The van der Waals surface area contributed by atoms with Crippen LogP contribution in [-0.4, -0.2) is 18.9 Å². The van der Waals surface area contributed by atoms with Crippen molar-refractivity contribution in [2.45, 2.75) is 54.4 Å². The minimum absolute atomic E-state index is 0.257. The number of ketones is 1. The fourth-order valence-electron chi connectivity index (χ4n) is 2.43. The zero-order valence-electron chi connectivity index (χ0n) is 16.7. The predicted molar refractivity (Wildman–Crippen MR) is 105 cm³/mol. The van der Waals surface area contributed by atoms with Crippen LogP contribution in [0.5, 0.6) is 0 Å². The summed E-state index contributed by atoms with van der Waals surface area (Å²) < 4.78 is 4.57. The normalized spacial score (nSPS) is 19.3. The molecule has 0 radical (unpaired) electrons. The van der Waals surface area contributed by atoms with Crippen molar-refractivity contribution in [2.75, 3.05) is 7.11 Å². The second-order valence-electron chi connectivity index (χ2n) is 5.96. The van der Waals surface area contributed by atoms with Crippen LogP contribution in [0.1, 0.15) is 54.4 Å². The Kier molecular flexibility index (Phi) is 11.2. The van der Waals surface area contributed by atoms with Crippen LogP contribution in [0.2, 0.25) is 0 Å². The van der Waals surface area contributed by atoms with E-state index in [1.54, 1.807) is 0 Å². The lowest BCUT2D eigenvalue weighted by Gasteiger charge is -2.21. The molecule has 1 atom stereocenters. The number of Topliss-reactive ketones (excluding diaryl/α,β-unsaturated/α-hetero) is 1. The lowest BCUT2D eigenvalue weighted by atomic mass is 9.83. The van der Waals surface area contributed by atoms with Crippen molar-refractivity contribution in [3.8, 4) is 0 Å². The van der Waals surface area contributed by atoms with Crippen molar-refractivity contribution in [1.82, 2.24) is 0 Å². The van der Waals surface area contributed by atoms with Crippen molar-refractivity contribution in [3.63, 3.8) is 0 Å². The third kappa shape index (κ3) is 8.48. The van der Waals surface area contributed by atoms with Gasteiger partial charge in [-0.25, -0.2) is 4.79 Å². The lowest BCUT2D eigenvalue weighted by Crippen LogP contribution is -2.15. The largest absolute Gasteiger partial charge is 0.466 e. The number of allylic oxidation sites excluding steroid dienone is 9. The number of ether oxygens (including phenoxy) is 1. The Morgan fingerprint density at radius 2 is 1.80 bits per heavy atom. The van der Waals surface area contributed by atoms with Gasteiger partial charge in [0.25, 0.3) is 0 Å². The lowest BCUT2D eigenvalue weighted by molar-refractivity contribution is -0.134. The molecule has 138 valence electrons. The van der Waals surface area contributed by atoms with E-state index >= 15 is 0 Å². The fourth-order valence-corrected chi connectivity index (χ4v) is 2.43. The molecule has 0 N–H and O–H groups in total. The molecule has 0 bridgehead atoms. The molecule has 1 aliphatic rings. The maximum atomic E-state index is 11.8. The highest BCUT2D eigenvalue weighted by Gasteiger charge is 2.20. The molecule has 0 heterocycles. The Hall–Kier alpha value is -2.16. The summed E-state index contributed by atoms with van der Waals surface area (Å²) in [6.45, 7) is 11.9. The summed E-state index contributed by atoms with van der Waals surface area (Å²) in [5.41, 5.74) is 3.94. The summed E-state index contributed by atoms with van der Waals surface area (Å²) in [4.78, 5) is 22.9. The van der Waals surface area contributed by atoms with E-state index in [9.17, 15) is 9.59 Å². The molecule has 1 unspecified atom stereocenters. The van der Waals surface area contributed by atoms with Crippen molar-refractivity contribution in [3.05, 3.63) is 58.7 Å². The number of carbonyl (C=O) groups is 2. The van der Waals surface area contributed by atoms with E-state index in [0.29, 0.717) is 12.3 Å². The third-order valence-corrected chi connectivity index (χ3v) is 3.98. The van der Waals surface area contributed by atoms with Crippen LogP contribution in [0, 0.1) is 5.92 Å². The topological polar surface area (TPSA) is 43.4 Å². The summed E-state index contributed by atoms with van der Waals surface area (Å²) in [7, 11) is 1.36. The molecular weight excluding hydrogens is 312 g/mol. The number of methoxy groups -OCH3 is 1. The highest BCUT2D eigenvalue weighted by Crippen LogP contribution is 2.28. The van der Waals surface area contributed by atoms with Gasteiger partial charge in [-0.3, -0.25) is 4.79 Å². The second-order valence-corrected chi connectivity index (χ2v) is 5.96. The van der Waals surface area contributed by atoms with Crippen LogP contribution >= 0.6 is 0 Å². The monoisotopic (exact) mass is 344 g/mol. The Morgan fingerprint density at radius 3 is 2.40 bits per heavy atom. The van der Waals surface area contributed by atoms with Gasteiger partial charge in [0.1, 0.15) is 0 Å². The second kappa shape index (κ2) is 12.2. The first-order chi connectivity index (χ1) is 11.8. The van der Waals surface area contributed by atoms with Crippen molar-refractivity contribution in [1.29, 1.82) is 0 Å². The molecule has 1 aliphatic carbocycles. The molecule has 25 heavy (non-hydrogen) atoms. The zero-order chi connectivity index (χ0) is 19.4. The molecule has 0 aromatic heterocycles. The minimum atomic E-state index is -0.355. The summed E-state index contributed by atoms with van der Waals surface area (Å²) in [5.74, 6) is 0.330. The van der Waals surface area contributed by atoms with E-state index in [-0.39, 0.29) is 11.8 Å². The molecule has 0 amide bonds. The molecule has 0 aromatic rings. The third-order valence-electron chi connectivity index (χ3n) is 3.98. The maximum Gasteiger partial charge on any atom is 0.330 e. The van der Waals surface area contributed by atoms with Crippen molar-refractivity contribution < 1.29 is 14.3 Å². The zero-order valence-corrected chi connectivity index (χ0v) is 16.7. The van der Waals surface area contributed by atoms with Crippen LogP contribution in [0.3, 0.4) is 0 Å². The van der Waals surface area contributed by atoms with Gasteiger partial charge in [-0.15, -0.1) is 0 Å². The van der Waals surface area contributed by atoms with Crippen LogP contribution in [0.15, 0.2) is 58.7 Å². The van der Waals surface area contributed by atoms with Gasteiger partial charge in [0.15, 0.2) is 5.78 Å². The smallest absolute Gasteiger partial charge is 0.330 e. The Morgan fingerprint density at radius 1 is 1.16 bits per heavy atom. The molecule has 0 aliphatic heterocycles. The van der Waals surface area contributed by atoms with E-state index in [1.165, 1.54) is 13.2 Å². The van der Waals surface area contributed by atoms with Crippen molar-refractivity contribution >= 4 is 11.8 Å². The quantitative estimate of drug-likeness (QED) is 0.375. The molecule has 0 saturated heterocycles. The predicted octanol–water partition coefficient (Wildman–Crippen LogP) is 5.51. The van der Waals surface area contributed by atoms with Gasteiger partial charge in [-0.1, -0.05) is 56.7 Å². The first-order valence-corrected chi connectivity index (χ1v) is 8.88. The van der Waals surface area contributed by atoms with Crippen LogP contribution < -0.4 is 0 Å². The summed E-state index contributed by atoms with van der Waals surface area (Å²) >= 11 is 0. The van der Waals surface area contributed by atoms with Crippen molar-refractivity contribution in [2.24, 2.45) is 5.92 Å². The summed E-state index contributed by atoms with van der Waals surface area (Å²) in [6.07, 6.45) is 12.8.